The van der Waals surface area contributed by atoms with Crippen LogP contribution in [0.1, 0.15) is 0 Å². The van der Waals surface area contributed by atoms with Gasteiger partial charge in [0.15, 0.2) is 0 Å². The molecule has 6 nitrogen and oxygen atoms in total. The Morgan fingerprint density at radius 1 is 0.257 bits per heavy atom. The Balaban J connectivity index is 0.840. The molecular formula is C62H36N6S2. The van der Waals surface area contributed by atoms with Gasteiger partial charge in [-0.15, -0.1) is 22.7 Å². The third-order valence-electron chi connectivity index (χ3n) is 14.0. The predicted octanol–water partition coefficient (Wildman–Crippen LogP) is 16.9. The van der Waals surface area contributed by atoms with Crippen LogP contribution in [0, 0.1) is 0 Å². The Hall–Kier alpha value is -8.82. The van der Waals surface area contributed by atoms with Gasteiger partial charge in [-0.2, -0.15) is 0 Å². The second kappa shape index (κ2) is 15.3. The molecule has 6 heterocycles. The van der Waals surface area contributed by atoms with E-state index in [2.05, 4.69) is 203 Å². The minimum Gasteiger partial charge on any atom is -0.300 e. The standard InChI is InChI=1S/C62H36N6S2/c1-3-19-47-45(17-1)59(69-61(47)67-49-21-9-5-13-41(49)42-14-6-10-22-50(42)67)39-29-25-37(26-30-39)53-55-57(65-35-33-63-55)54(58-56(53)64-34-36-66-58)38-27-31-40(32-28-38)60-46-18-2-4-20-48(46)62(70-60)68-51-23-11-7-15-43(51)44-16-8-12-24-52(44)68/h1-36H. The van der Waals surface area contributed by atoms with Gasteiger partial charge in [0.25, 0.3) is 0 Å². The second-order valence-corrected chi connectivity index (χ2v) is 19.7. The van der Waals surface area contributed by atoms with Gasteiger partial charge in [0.1, 0.15) is 10.0 Å². The normalized spacial score (nSPS) is 12.0. The van der Waals surface area contributed by atoms with E-state index >= 15 is 0 Å². The van der Waals surface area contributed by atoms with Gasteiger partial charge >= 0.3 is 0 Å². The molecule has 326 valence electrons. The highest BCUT2D eigenvalue weighted by molar-refractivity contribution is 7.20. The van der Waals surface area contributed by atoms with Crippen LogP contribution in [0.25, 0.3) is 140 Å². The first-order valence-electron chi connectivity index (χ1n) is 23.4. The lowest BCUT2D eigenvalue weighted by molar-refractivity contribution is 1.24. The van der Waals surface area contributed by atoms with Crippen LogP contribution in [0.2, 0.25) is 0 Å². The zero-order valence-electron chi connectivity index (χ0n) is 37.3. The highest BCUT2D eigenvalue weighted by Crippen LogP contribution is 2.48. The highest BCUT2D eigenvalue weighted by Gasteiger charge is 2.24. The molecule has 0 amide bonds. The fourth-order valence-electron chi connectivity index (χ4n) is 10.9. The summed E-state index contributed by atoms with van der Waals surface area (Å²) < 4.78 is 4.88. The summed E-state index contributed by atoms with van der Waals surface area (Å²) >= 11 is 3.68. The van der Waals surface area contributed by atoms with Gasteiger partial charge in [0.05, 0.1) is 44.1 Å². The predicted molar refractivity (Wildman–Crippen MR) is 294 cm³/mol. The zero-order chi connectivity index (χ0) is 45.9. The van der Waals surface area contributed by atoms with E-state index in [1.165, 1.54) is 84.9 Å². The average molecular weight is 929 g/mol. The van der Waals surface area contributed by atoms with Crippen molar-refractivity contribution in [2.45, 2.75) is 0 Å². The van der Waals surface area contributed by atoms with Gasteiger partial charge in [-0.05, 0) is 46.5 Å². The molecule has 0 saturated carbocycles. The quantitative estimate of drug-likeness (QED) is 0.156. The summed E-state index contributed by atoms with van der Waals surface area (Å²) in [6.45, 7) is 0. The number of fused-ring (bicyclic) bond motifs is 10. The third-order valence-corrected chi connectivity index (χ3v) is 16.5. The summed E-state index contributed by atoms with van der Waals surface area (Å²) in [4.78, 5) is 22.6. The van der Waals surface area contributed by atoms with Crippen molar-refractivity contribution in [3.63, 3.8) is 0 Å². The molecule has 0 N–H and O–H groups in total. The maximum atomic E-state index is 5.03. The summed E-state index contributed by atoms with van der Waals surface area (Å²) in [5.41, 5.74) is 14.1. The number of hydrogen-bond acceptors (Lipinski definition) is 6. The fourth-order valence-corrected chi connectivity index (χ4v) is 13.6. The number of rotatable bonds is 6. The monoisotopic (exact) mass is 928 g/mol. The fraction of sp³-hybridized carbons (Fsp3) is 0. The lowest BCUT2D eigenvalue weighted by Gasteiger charge is -2.15. The minimum absolute atomic E-state index is 0.789. The molecule has 0 bridgehead atoms. The Bertz CT molecular complexity index is 4140. The van der Waals surface area contributed by atoms with E-state index in [1.807, 2.05) is 22.7 Å². The van der Waals surface area contributed by atoms with Crippen molar-refractivity contribution in [2.75, 3.05) is 0 Å². The molecule has 6 aromatic heterocycles. The molecule has 0 aliphatic rings. The van der Waals surface area contributed by atoms with Crippen LogP contribution < -0.4 is 0 Å². The molecule has 0 spiro atoms. The molecule has 0 atom stereocenters. The number of aromatic nitrogens is 6. The average Bonchev–Trinajstić information content (AvgIpc) is 4.18. The van der Waals surface area contributed by atoms with E-state index < -0.39 is 0 Å². The van der Waals surface area contributed by atoms with E-state index in [4.69, 9.17) is 19.9 Å². The molecule has 0 aliphatic heterocycles. The summed E-state index contributed by atoms with van der Waals surface area (Å²) in [6.07, 6.45) is 7.11. The van der Waals surface area contributed by atoms with Crippen molar-refractivity contribution in [1.29, 1.82) is 0 Å². The van der Waals surface area contributed by atoms with Gasteiger partial charge in [-0.1, -0.05) is 170 Å². The Morgan fingerprint density at radius 2 is 0.514 bits per heavy atom. The van der Waals surface area contributed by atoms with Gasteiger partial charge in [0.2, 0.25) is 0 Å². The molecule has 0 saturated heterocycles. The van der Waals surface area contributed by atoms with Crippen molar-refractivity contribution < 1.29 is 0 Å². The molecule has 9 aromatic carbocycles. The van der Waals surface area contributed by atoms with Crippen LogP contribution in [-0.2, 0) is 0 Å². The molecule has 0 unspecified atom stereocenters. The first-order valence-corrected chi connectivity index (χ1v) is 25.0. The van der Waals surface area contributed by atoms with Gasteiger partial charge in [0, 0.05) is 88.8 Å². The molecule has 0 radical (unpaired) electrons. The van der Waals surface area contributed by atoms with Gasteiger partial charge in [-0.25, -0.2) is 0 Å². The van der Waals surface area contributed by atoms with Crippen LogP contribution in [0.5, 0.6) is 0 Å². The Kier molecular flexibility index (Phi) is 8.60. The van der Waals surface area contributed by atoms with E-state index in [0.717, 1.165) is 55.4 Å². The number of thiophene rings is 2. The Morgan fingerprint density at radius 3 is 0.829 bits per heavy atom. The third kappa shape index (κ3) is 5.72. The first-order chi connectivity index (χ1) is 34.8. The molecule has 15 aromatic rings. The van der Waals surface area contributed by atoms with Crippen LogP contribution in [-0.4, -0.2) is 29.1 Å². The topological polar surface area (TPSA) is 61.4 Å². The molecule has 0 aliphatic carbocycles. The van der Waals surface area contributed by atoms with Crippen molar-refractivity contribution in [3.05, 3.63) is 219 Å². The summed E-state index contributed by atoms with van der Waals surface area (Å²) in [7, 11) is 0. The summed E-state index contributed by atoms with van der Waals surface area (Å²) in [5.74, 6) is 0. The lowest BCUT2D eigenvalue weighted by atomic mass is 9.93. The van der Waals surface area contributed by atoms with Crippen molar-refractivity contribution in [1.82, 2.24) is 29.1 Å². The zero-order valence-corrected chi connectivity index (χ0v) is 38.9. The first kappa shape index (κ1) is 39.2. The largest absolute Gasteiger partial charge is 0.300 e. The summed E-state index contributed by atoms with van der Waals surface area (Å²) in [5, 5.41) is 12.4. The highest BCUT2D eigenvalue weighted by atomic mass is 32.1. The molecule has 8 heteroatoms. The van der Waals surface area contributed by atoms with Crippen molar-refractivity contribution >= 4 is 110 Å². The molecular weight excluding hydrogens is 893 g/mol. The van der Waals surface area contributed by atoms with Crippen LogP contribution in [0.15, 0.2) is 219 Å². The van der Waals surface area contributed by atoms with Crippen molar-refractivity contribution in [2.24, 2.45) is 0 Å². The number of nitrogens with zero attached hydrogens (tertiary/aromatic N) is 6. The summed E-state index contributed by atoms with van der Waals surface area (Å²) in [6, 6.07) is 70.2. The van der Waals surface area contributed by atoms with Crippen LogP contribution in [0.4, 0.5) is 0 Å². The number of benzene rings is 9. The SMILES string of the molecule is c1ccc2c(-n3c4ccccc4c4ccccc43)sc(-c3ccc(-c4c5nccnc5c(-c5ccc(-c6sc(-n7c8ccccc8c8ccccc87)c7ccccc67)cc5)c5nccnc45)cc3)c2c1. The molecule has 0 fully saturated rings. The second-order valence-electron chi connectivity index (χ2n) is 17.7. The van der Waals surface area contributed by atoms with E-state index in [9.17, 15) is 0 Å². The molecule has 15 rings (SSSR count). The van der Waals surface area contributed by atoms with Crippen LogP contribution in [0.3, 0.4) is 0 Å². The van der Waals surface area contributed by atoms with Crippen LogP contribution >= 0.6 is 22.7 Å². The number of hydrogen-bond donors (Lipinski definition) is 0. The van der Waals surface area contributed by atoms with E-state index in [-0.39, 0.29) is 0 Å². The van der Waals surface area contributed by atoms with Gasteiger partial charge in [-0.3, -0.25) is 19.9 Å². The Labute approximate surface area is 408 Å². The minimum atomic E-state index is 0.789. The van der Waals surface area contributed by atoms with Crippen molar-refractivity contribution in [3.8, 4) is 53.1 Å². The maximum Gasteiger partial charge on any atom is 0.109 e. The van der Waals surface area contributed by atoms with E-state index in [0.29, 0.717) is 0 Å². The van der Waals surface area contributed by atoms with Gasteiger partial charge < -0.3 is 9.13 Å². The van der Waals surface area contributed by atoms with E-state index in [1.54, 1.807) is 24.8 Å². The maximum absolute atomic E-state index is 5.03. The smallest absolute Gasteiger partial charge is 0.109 e. The molecule has 70 heavy (non-hydrogen) atoms. The lowest BCUT2D eigenvalue weighted by Crippen LogP contribution is -1.97. The number of para-hydroxylation sites is 4.